The van der Waals surface area contributed by atoms with E-state index in [0.29, 0.717) is 16.9 Å². The van der Waals surface area contributed by atoms with Crippen LogP contribution in [0, 0.1) is 0 Å². The summed E-state index contributed by atoms with van der Waals surface area (Å²) in [5.74, 6) is -3.75. The van der Waals surface area contributed by atoms with Crippen molar-refractivity contribution >= 4 is 41.5 Å². The van der Waals surface area contributed by atoms with Crippen LogP contribution in [0.25, 0.3) is 0 Å². The molecule has 1 aliphatic heterocycles. The summed E-state index contributed by atoms with van der Waals surface area (Å²) in [5, 5.41) is 62.7. The first-order valence-electron chi connectivity index (χ1n) is 17.8. The third-order valence-electron chi connectivity index (χ3n) is 8.94. The molecule has 1 aliphatic rings. The number of ether oxygens (including phenoxy) is 1. The monoisotopic (exact) mass is 830 g/mol. The molecule has 0 bridgehead atoms. The lowest BCUT2D eigenvalue weighted by Gasteiger charge is -2.25. The maximum absolute atomic E-state index is 13.7. The predicted octanol–water partition coefficient (Wildman–Crippen LogP) is -3.03. The van der Waals surface area contributed by atoms with Gasteiger partial charge in [0.1, 0.15) is 47.9 Å². The molecule has 2 heterocycles. The number of aromatic amines is 1. The van der Waals surface area contributed by atoms with E-state index < -0.39 is 103 Å². The number of nitrogens with two attached hydrogens (primary N) is 1. The average molecular weight is 831 g/mol. The van der Waals surface area contributed by atoms with Crippen LogP contribution in [-0.2, 0) is 36.8 Å². The van der Waals surface area contributed by atoms with E-state index in [-0.39, 0.29) is 30.8 Å². The number of H-pyrrole nitrogens is 1. The fraction of sp³-hybridized carbons (Fsp3) is 0.417. The van der Waals surface area contributed by atoms with Crippen LogP contribution >= 0.6 is 11.8 Å². The number of aromatic hydroxyl groups is 2. The molecule has 5 amide bonds. The van der Waals surface area contributed by atoms with Gasteiger partial charge in [0, 0.05) is 31.8 Å². The third kappa shape index (κ3) is 12.8. The van der Waals surface area contributed by atoms with Gasteiger partial charge in [0.15, 0.2) is 6.23 Å². The summed E-state index contributed by atoms with van der Waals surface area (Å²) in [6, 6.07) is 6.34. The number of carbonyl (C=O) groups excluding carboxylic acids is 4. The molecule has 0 spiro atoms. The van der Waals surface area contributed by atoms with Crippen molar-refractivity contribution in [2.75, 3.05) is 25.1 Å². The molecule has 4 rings (SSSR count). The molecule has 3 aromatic rings. The molecule has 58 heavy (non-hydrogen) atoms. The number of aliphatic carboxylic acids is 1. The summed E-state index contributed by atoms with van der Waals surface area (Å²) in [6.45, 7) is -1.02. The topological polar surface area (TPSA) is 337 Å². The lowest BCUT2D eigenvalue weighted by Crippen LogP contribution is -2.60. The van der Waals surface area contributed by atoms with E-state index in [9.17, 15) is 59.1 Å². The highest BCUT2D eigenvalue weighted by atomic mass is 32.2. The first-order chi connectivity index (χ1) is 27.6. The Balaban J connectivity index is 1.47. The van der Waals surface area contributed by atoms with Crippen molar-refractivity contribution < 1.29 is 54.2 Å². The molecule has 0 unspecified atom stereocenters. The number of nitrogens with zero attached hydrogens (tertiary/aromatic N) is 1. The fourth-order valence-corrected chi connectivity index (χ4v) is 6.38. The summed E-state index contributed by atoms with van der Waals surface area (Å²) in [6.07, 6.45) is -3.42. The summed E-state index contributed by atoms with van der Waals surface area (Å²) in [4.78, 5) is 91.2. The Hall–Kier alpha value is -5.94. The van der Waals surface area contributed by atoms with Crippen LogP contribution in [0.1, 0.15) is 23.8 Å². The second-order valence-corrected chi connectivity index (χ2v) is 14.3. The van der Waals surface area contributed by atoms with Gasteiger partial charge in [-0.1, -0.05) is 24.3 Å². The molecule has 0 aliphatic carbocycles. The number of aromatic nitrogens is 2. The van der Waals surface area contributed by atoms with Gasteiger partial charge in [-0.25, -0.2) is 14.4 Å². The van der Waals surface area contributed by atoms with Gasteiger partial charge in [-0.2, -0.15) is 11.8 Å². The molecule has 13 N–H and O–H groups in total. The minimum Gasteiger partial charge on any atom is -0.508 e. The number of rotatable bonds is 19. The highest BCUT2D eigenvalue weighted by Crippen LogP contribution is 2.28. The predicted molar refractivity (Wildman–Crippen MR) is 207 cm³/mol. The van der Waals surface area contributed by atoms with Crippen molar-refractivity contribution in [2.45, 2.75) is 68.0 Å². The Bertz CT molecular complexity index is 2050. The van der Waals surface area contributed by atoms with E-state index in [1.807, 2.05) is 4.98 Å². The van der Waals surface area contributed by atoms with Crippen LogP contribution in [0.4, 0.5) is 4.79 Å². The Morgan fingerprint density at radius 2 is 1.48 bits per heavy atom. The molecule has 2 aromatic carbocycles. The number of phenolic OH excluding ortho intramolecular Hbond substituents is 2. The number of thioether (sulfide) groups is 1. The number of carboxylic acids is 1. The number of carbonyl (C=O) groups is 5. The maximum Gasteiger partial charge on any atom is 0.330 e. The molecular weight excluding hydrogens is 785 g/mol. The molecule has 0 saturated carbocycles. The van der Waals surface area contributed by atoms with Crippen molar-refractivity contribution in [1.29, 1.82) is 0 Å². The summed E-state index contributed by atoms with van der Waals surface area (Å²) in [7, 11) is 0. The van der Waals surface area contributed by atoms with Crippen molar-refractivity contribution in [3.05, 3.63) is 92.8 Å². The standard InChI is InChI=1S/C36H46N8O13S/c1-58-11-9-23(41-35(55)42-24(34(53)54)15-19-5-3-7-21(46)13-19)32(52)40-25(16-38-30(50)22(37)14-18-4-2-6-20(45)12-18)31(51)39-17-26-28(48)29(49)33(57-26)44-10-8-27(47)43-36(44)56/h2-8,10,12-13,22-26,28-29,33,45-46,48-49H,9,11,14-17,37H2,1H3,(H,38,50)(H,39,51)(H,40,52)(H,53,54)(H2,41,42,55)(H,43,47,56)/t22-,23+,24+,25+,26-,28-,29-,33-/m1/s1. The Kier molecular flexibility index (Phi) is 16.2. The SMILES string of the molecule is CSCC[C@H](NC(=O)N[C@@H](Cc1cccc(O)c1)C(=O)O)C(=O)N[C@@H](CNC(=O)[C@H](N)Cc1cccc(O)c1)C(=O)NC[C@H]1O[C@@H](n2ccc(=O)[nH]c2=O)[C@H](O)[C@@H]1O. The molecule has 314 valence electrons. The van der Waals surface area contributed by atoms with Crippen LogP contribution < -0.4 is 43.6 Å². The number of amides is 5. The van der Waals surface area contributed by atoms with Gasteiger partial charge in [0.25, 0.3) is 5.56 Å². The molecule has 1 fully saturated rings. The second kappa shape index (κ2) is 21.0. The number of aliphatic hydroxyl groups excluding tert-OH is 2. The van der Waals surface area contributed by atoms with Crippen molar-refractivity contribution in [3.8, 4) is 11.5 Å². The molecule has 1 aromatic heterocycles. The summed E-state index contributed by atoms with van der Waals surface area (Å²) >= 11 is 1.33. The minimum absolute atomic E-state index is 0.000801. The Morgan fingerprint density at radius 3 is 2.09 bits per heavy atom. The van der Waals surface area contributed by atoms with Gasteiger partial charge < -0.3 is 62.6 Å². The zero-order valence-corrected chi connectivity index (χ0v) is 31.9. The van der Waals surface area contributed by atoms with E-state index >= 15 is 0 Å². The van der Waals surface area contributed by atoms with Crippen molar-refractivity contribution in [2.24, 2.45) is 5.73 Å². The molecular formula is C36H46N8O13S. The highest BCUT2D eigenvalue weighted by molar-refractivity contribution is 7.98. The highest BCUT2D eigenvalue weighted by Gasteiger charge is 2.44. The van der Waals surface area contributed by atoms with Crippen LogP contribution in [0.15, 0.2) is 70.4 Å². The normalized spacial score (nSPS) is 19.5. The van der Waals surface area contributed by atoms with Gasteiger partial charge in [-0.3, -0.25) is 28.7 Å². The molecule has 0 radical (unpaired) electrons. The van der Waals surface area contributed by atoms with Crippen LogP contribution in [0.5, 0.6) is 11.5 Å². The number of hydrogen-bond donors (Lipinski definition) is 12. The Morgan fingerprint density at radius 1 is 0.845 bits per heavy atom. The van der Waals surface area contributed by atoms with E-state index in [2.05, 4.69) is 26.6 Å². The summed E-state index contributed by atoms with van der Waals surface area (Å²) in [5.41, 5.74) is 5.40. The van der Waals surface area contributed by atoms with Gasteiger partial charge in [0.2, 0.25) is 17.7 Å². The number of carboxylic acid groups (broad SMARTS) is 1. The van der Waals surface area contributed by atoms with Crippen molar-refractivity contribution in [3.63, 3.8) is 0 Å². The fourth-order valence-electron chi connectivity index (χ4n) is 5.91. The minimum atomic E-state index is -1.66. The average Bonchev–Trinajstić information content (AvgIpc) is 3.45. The van der Waals surface area contributed by atoms with E-state index in [0.717, 1.165) is 16.8 Å². The lowest BCUT2D eigenvalue weighted by atomic mass is 10.1. The number of phenols is 2. The maximum atomic E-state index is 13.7. The van der Waals surface area contributed by atoms with Gasteiger partial charge in [-0.05, 0) is 60.2 Å². The van der Waals surface area contributed by atoms with E-state index in [1.54, 1.807) is 24.5 Å². The quantitative estimate of drug-likeness (QED) is 0.0572. The molecule has 21 nitrogen and oxygen atoms in total. The molecule has 22 heteroatoms. The largest absolute Gasteiger partial charge is 0.508 e. The smallest absolute Gasteiger partial charge is 0.330 e. The van der Waals surface area contributed by atoms with Crippen LogP contribution in [-0.4, -0.2) is 132 Å². The number of aliphatic hydroxyl groups is 2. The number of urea groups is 1. The molecule has 8 atom stereocenters. The first kappa shape index (κ1) is 44.8. The van der Waals surface area contributed by atoms with Gasteiger partial charge in [-0.15, -0.1) is 0 Å². The van der Waals surface area contributed by atoms with Gasteiger partial charge in [0.05, 0.1) is 6.04 Å². The van der Waals surface area contributed by atoms with Gasteiger partial charge >= 0.3 is 17.7 Å². The second-order valence-electron chi connectivity index (χ2n) is 13.3. The number of hydrogen-bond acceptors (Lipinski definition) is 14. The Labute approximate surface area is 334 Å². The van der Waals surface area contributed by atoms with Crippen LogP contribution in [0.3, 0.4) is 0 Å². The van der Waals surface area contributed by atoms with Crippen LogP contribution in [0.2, 0.25) is 0 Å². The van der Waals surface area contributed by atoms with E-state index in [4.69, 9.17) is 10.5 Å². The first-order valence-corrected chi connectivity index (χ1v) is 19.2. The molecule has 1 saturated heterocycles. The zero-order chi connectivity index (χ0) is 42.5. The number of benzene rings is 2. The summed E-state index contributed by atoms with van der Waals surface area (Å²) < 4.78 is 6.49. The lowest BCUT2D eigenvalue weighted by molar-refractivity contribution is -0.139. The number of nitrogens with one attached hydrogen (secondary N) is 6. The van der Waals surface area contributed by atoms with E-state index in [1.165, 1.54) is 42.1 Å². The zero-order valence-electron chi connectivity index (χ0n) is 31.1. The van der Waals surface area contributed by atoms with Crippen molar-refractivity contribution in [1.82, 2.24) is 36.1 Å². The third-order valence-corrected chi connectivity index (χ3v) is 9.59.